The van der Waals surface area contributed by atoms with Crippen LogP contribution in [0.25, 0.3) is 0 Å². The molecule has 1 amide bonds. The molecular weight excluding hydrogens is 224 g/mol. The number of amides is 1. The first-order valence-electron chi connectivity index (χ1n) is 6.00. The SMILES string of the molecule is CCOC(=O)CNC1CCCN(C(=O)O)CC1. The van der Waals surface area contributed by atoms with E-state index in [2.05, 4.69) is 5.32 Å². The molecular formula is C11H20N2O4. The van der Waals surface area contributed by atoms with Crippen LogP contribution < -0.4 is 5.32 Å². The molecule has 0 bridgehead atoms. The van der Waals surface area contributed by atoms with E-state index in [0.717, 1.165) is 19.3 Å². The van der Waals surface area contributed by atoms with Crippen LogP contribution in [0.4, 0.5) is 4.79 Å². The lowest BCUT2D eigenvalue weighted by Crippen LogP contribution is -2.36. The molecule has 1 fully saturated rings. The van der Waals surface area contributed by atoms with Crippen molar-refractivity contribution in [3.8, 4) is 0 Å². The van der Waals surface area contributed by atoms with E-state index in [-0.39, 0.29) is 18.6 Å². The van der Waals surface area contributed by atoms with Crippen LogP contribution >= 0.6 is 0 Å². The standard InChI is InChI=1S/C11H20N2O4/c1-2-17-10(14)8-12-9-4-3-6-13(7-5-9)11(15)16/h9,12H,2-8H2,1H3,(H,15,16). The van der Waals surface area contributed by atoms with Crippen LogP contribution in [0.1, 0.15) is 26.2 Å². The van der Waals surface area contributed by atoms with E-state index in [1.165, 1.54) is 4.90 Å². The number of hydrogen-bond donors (Lipinski definition) is 2. The predicted octanol–water partition coefficient (Wildman–Crippen LogP) is 0.672. The zero-order chi connectivity index (χ0) is 12.7. The van der Waals surface area contributed by atoms with Gasteiger partial charge in [0.1, 0.15) is 0 Å². The number of carbonyl (C=O) groups excluding carboxylic acids is 1. The van der Waals surface area contributed by atoms with E-state index < -0.39 is 6.09 Å². The Morgan fingerprint density at radius 1 is 1.41 bits per heavy atom. The molecule has 1 rings (SSSR count). The van der Waals surface area contributed by atoms with Crippen molar-refractivity contribution in [2.75, 3.05) is 26.2 Å². The van der Waals surface area contributed by atoms with E-state index in [1.54, 1.807) is 6.92 Å². The van der Waals surface area contributed by atoms with Crippen molar-refractivity contribution in [2.24, 2.45) is 0 Å². The summed E-state index contributed by atoms with van der Waals surface area (Å²) < 4.78 is 4.82. The molecule has 0 aliphatic carbocycles. The quantitative estimate of drug-likeness (QED) is 0.711. The Morgan fingerprint density at radius 2 is 2.18 bits per heavy atom. The molecule has 0 aromatic heterocycles. The number of nitrogens with one attached hydrogen (secondary N) is 1. The number of rotatable bonds is 4. The third kappa shape index (κ3) is 5.04. The Bertz CT molecular complexity index is 270. The fourth-order valence-corrected chi connectivity index (χ4v) is 1.93. The number of nitrogens with zero attached hydrogens (tertiary/aromatic N) is 1. The number of carbonyl (C=O) groups is 2. The highest BCUT2D eigenvalue weighted by Gasteiger charge is 2.20. The van der Waals surface area contributed by atoms with Gasteiger partial charge < -0.3 is 20.1 Å². The molecule has 1 heterocycles. The molecule has 6 heteroatoms. The smallest absolute Gasteiger partial charge is 0.407 e. The minimum atomic E-state index is -0.865. The lowest BCUT2D eigenvalue weighted by Gasteiger charge is -2.17. The minimum Gasteiger partial charge on any atom is -0.465 e. The average Bonchev–Trinajstić information content (AvgIpc) is 2.52. The Balaban J connectivity index is 2.27. The fraction of sp³-hybridized carbons (Fsp3) is 0.818. The van der Waals surface area contributed by atoms with Crippen molar-refractivity contribution in [3.63, 3.8) is 0 Å². The van der Waals surface area contributed by atoms with Crippen molar-refractivity contribution >= 4 is 12.1 Å². The summed E-state index contributed by atoms with van der Waals surface area (Å²) in [4.78, 5) is 23.4. The van der Waals surface area contributed by atoms with Crippen molar-refractivity contribution in [1.29, 1.82) is 0 Å². The maximum Gasteiger partial charge on any atom is 0.407 e. The normalized spacial score (nSPS) is 20.8. The number of ether oxygens (including phenoxy) is 1. The van der Waals surface area contributed by atoms with Gasteiger partial charge in [0, 0.05) is 19.1 Å². The third-order valence-electron chi connectivity index (χ3n) is 2.84. The zero-order valence-electron chi connectivity index (χ0n) is 10.1. The molecule has 1 aliphatic heterocycles. The van der Waals surface area contributed by atoms with Crippen LogP contribution in [0.2, 0.25) is 0 Å². The van der Waals surface area contributed by atoms with Gasteiger partial charge in [0.2, 0.25) is 0 Å². The summed E-state index contributed by atoms with van der Waals surface area (Å²) in [5, 5.41) is 12.0. The average molecular weight is 244 g/mol. The summed E-state index contributed by atoms with van der Waals surface area (Å²) in [5.74, 6) is -0.258. The number of likely N-dealkylation sites (tertiary alicyclic amines) is 1. The van der Waals surface area contributed by atoms with Gasteiger partial charge in [0.15, 0.2) is 0 Å². The summed E-state index contributed by atoms with van der Waals surface area (Å²) in [6.07, 6.45) is 1.60. The van der Waals surface area contributed by atoms with Gasteiger partial charge in [-0.3, -0.25) is 4.79 Å². The third-order valence-corrected chi connectivity index (χ3v) is 2.84. The van der Waals surface area contributed by atoms with Crippen molar-refractivity contribution in [1.82, 2.24) is 10.2 Å². The predicted molar refractivity (Wildman–Crippen MR) is 61.9 cm³/mol. The van der Waals surface area contributed by atoms with Crippen LogP contribution in [0.5, 0.6) is 0 Å². The lowest BCUT2D eigenvalue weighted by atomic mass is 10.1. The first kappa shape index (κ1) is 13.8. The molecule has 1 saturated heterocycles. The molecule has 0 radical (unpaired) electrons. The highest BCUT2D eigenvalue weighted by atomic mass is 16.5. The Kier molecular flexibility index (Phi) is 5.76. The number of esters is 1. The van der Waals surface area contributed by atoms with Gasteiger partial charge in [-0.05, 0) is 26.2 Å². The van der Waals surface area contributed by atoms with E-state index >= 15 is 0 Å². The zero-order valence-corrected chi connectivity index (χ0v) is 10.1. The molecule has 0 aromatic carbocycles. The van der Waals surface area contributed by atoms with E-state index in [1.807, 2.05) is 0 Å². The fourth-order valence-electron chi connectivity index (χ4n) is 1.93. The molecule has 98 valence electrons. The van der Waals surface area contributed by atoms with Crippen LogP contribution in [-0.2, 0) is 9.53 Å². The molecule has 6 nitrogen and oxygen atoms in total. The number of hydrogen-bond acceptors (Lipinski definition) is 4. The Morgan fingerprint density at radius 3 is 2.82 bits per heavy atom. The van der Waals surface area contributed by atoms with Gasteiger partial charge in [-0.25, -0.2) is 4.79 Å². The second-order valence-electron chi connectivity index (χ2n) is 4.08. The summed E-state index contributed by atoms with van der Waals surface area (Å²) in [5.41, 5.74) is 0. The topological polar surface area (TPSA) is 78.9 Å². The summed E-state index contributed by atoms with van der Waals surface area (Å²) in [6, 6.07) is 0.198. The summed E-state index contributed by atoms with van der Waals surface area (Å²) >= 11 is 0. The van der Waals surface area contributed by atoms with Crippen molar-refractivity contribution < 1.29 is 19.4 Å². The van der Waals surface area contributed by atoms with Gasteiger partial charge in [0.05, 0.1) is 13.2 Å². The van der Waals surface area contributed by atoms with E-state index in [9.17, 15) is 9.59 Å². The summed E-state index contributed by atoms with van der Waals surface area (Å²) in [7, 11) is 0. The molecule has 1 aliphatic rings. The lowest BCUT2D eigenvalue weighted by molar-refractivity contribution is -0.142. The largest absolute Gasteiger partial charge is 0.465 e. The first-order valence-corrected chi connectivity index (χ1v) is 6.00. The molecule has 17 heavy (non-hydrogen) atoms. The molecule has 2 N–H and O–H groups in total. The molecule has 1 unspecified atom stereocenters. The van der Waals surface area contributed by atoms with Crippen LogP contribution in [-0.4, -0.2) is 54.4 Å². The monoisotopic (exact) mass is 244 g/mol. The first-order chi connectivity index (χ1) is 8.13. The second-order valence-corrected chi connectivity index (χ2v) is 4.08. The number of carboxylic acid groups (broad SMARTS) is 1. The molecule has 0 spiro atoms. The maximum atomic E-state index is 11.2. The van der Waals surface area contributed by atoms with Crippen molar-refractivity contribution in [2.45, 2.75) is 32.2 Å². The Labute approximate surface area is 101 Å². The highest BCUT2D eigenvalue weighted by Crippen LogP contribution is 2.10. The second kappa shape index (κ2) is 7.11. The molecule has 0 saturated carbocycles. The summed E-state index contributed by atoms with van der Waals surface area (Å²) in [6.45, 7) is 3.46. The van der Waals surface area contributed by atoms with E-state index in [4.69, 9.17) is 9.84 Å². The van der Waals surface area contributed by atoms with Gasteiger partial charge in [-0.2, -0.15) is 0 Å². The Hall–Kier alpha value is -1.30. The van der Waals surface area contributed by atoms with Crippen molar-refractivity contribution in [3.05, 3.63) is 0 Å². The highest BCUT2D eigenvalue weighted by molar-refractivity contribution is 5.71. The van der Waals surface area contributed by atoms with Gasteiger partial charge >= 0.3 is 12.1 Å². The molecule has 1 atom stereocenters. The van der Waals surface area contributed by atoms with Crippen LogP contribution in [0, 0.1) is 0 Å². The molecule has 0 aromatic rings. The van der Waals surface area contributed by atoms with Crippen LogP contribution in [0.3, 0.4) is 0 Å². The maximum absolute atomic E-state index is 11.2. The minimum absolute atomic E-state index is 0.198. The van der Waals surface area contributed by atoms with E-state index in [0.29, 0.717) is 19.7 Å². The van der Waals surface area contributed by atoms with Gasteiger partial charge in [-0.1, -0.05) is 0 Å². The van der Waals surface area contributed by atoms with Crippen LogP contribution in [0.15, 0.2) is 0 Å². The van der Waals surface area contributed by atoms with Gasteiger partial charge in [-0.15, -0.1) is 0 Å². The van der Waals surface area contributed by atoms with Gasteiger partial charge in [0.25, 0.3) is 0 Å².